The predicted octanol–water partition coefficient (Wildman–Crippen LogP) is 0.969. The van der Waals surface area contributed by atoms with E-state index in [0.29, 0.717) is 12.1 Å². The molecular weight excluding hydrogens is 142 g/mol. The summed E-state index contributed by atoms with van der Waals surface area (Å²) >= 11 is 0. The van der Waals surface area contributed by atoms with Crippen molar-refractivity contribution < 1.29 is 9.90 Å². The monoisotopic (exact) mass is 157 g/mol. The molecule has 0 amide bonds. The maximum Gasteiger partial charge on any atom is 0.331 e. The van der Waals surface area contributed by atoms with Gasteiger partial charge in [-0.3, -0.25) is 0 Å². The molecule has 0 fully saturated rings. The van der Waals surface area contributed by atoms with E-state index in [-0.39, 0.29) is 0 Å². The molecule has 0 spiro atoms. The minimum absolute atomic E-state index is 0.443. The number of likely N-dealkylation sites (N-methyl/N-ethyl adjacent to an activating group) is 1. The van der Waals surface area contributed by atoms with Crippen LogP contribution in [0.1, 0.15) is 13.8 Å². The lowest BCUT2D eigenvalue weighted by Crippen LogP contribution is -2.16. The number of nitrogens with zero attached hydrogens (tertiary/aromatic N) is 1. The molecule has 0 aliphatic heterocycles. The molecule has 1 N–H and O–H groups in total. The molecule has 0 atom stereocenters. The van der Waals surface area contributed by atoms with Crippen molar-refractivity contribution in [1.82, 2.24) is 4.90 Å². The summed E-state index contributed by atoms with van der Waals surface area (Å²) < 4.78 is 0. The van der Waals surface area contributed by atoms with Crippen LogP contribution in [0.3, 0.4) is 0 Å². The first-order valence-corrected chi connectivity index (χ1v) is 3.49. The van der Waals surface area contributed by atoms with E-state index >= 15 is 0 Å². The summed E-state index contributed by atoms with van der Waals surface area (Å²) in [5.74, 6) is -0.829. The Hall–Kier alpha value is -0.830. The third-order valence-electron chi connectivity index (χ3n) is 1.51. The SMILES string of the molecule is CC(CN(C)C)=C(C)C(=O)O. The fourth-order valence-electron chi connectivity index (χ4n) is 0.775. The number of carboxylic acids is 1. The highest BCUT2D eigenvalue weighted by Gasteiger charge is 2.04. The molecule has 0 bridgehead atoms. The normalized spacial score (nSPS) is 13.2. The summed E-state index contributed by atoms with van der Waals surface area (Å²) in [6.07, 6.45) is 0. The average Bonchev–Trinajstić information content (AvgIpc) is 1.84. The van der Waals surface area contributed by atoms with Crippen LogP contribution < -0.4 is 0 Å². The molecule has 0 aliphatic rings. The molecule has 0 saturated heterocycles. The maximum absolute atomic E-state index is 10.4. The molecule has 64 valence electrons. The highest BCUT2D eigenvalue weighted by Crippen LogP contribution is 2.03. The number of carbonyl (C=O) groups is 1. The van der Waals surface area contributed by atoms with Crippen molar-refractivity contribution in [2.45, 2.75) is 13.8 Å². The summed E-state index contributed by atoms with van der Waals surface area (Å²) in [5, 5.41) is 8.59. The van der Waals surface area contributed by atoms with Gasteiger partial charge < -0.3 is 10.0 Å². The first-order valence-electron chi connectivity index (χ1n) is 3.49. The van der Waals surface area contributed by atoms with Gasteiger partial charge in [-0.15, -0.1) is 0 Å². The Morgan fingerprint density at radius 1 is 1.36 bits per heavy atom. The van der Waals surface area contributed by atoms with Gasteiger partial charge in [0.2, 0.25) is 0 Å². The van der Waals surface area contributed by atoms with Gasteiger partial charge in [0.15, 0.2) is 0 Å². The van der Waals surface area contributed by atoms with Crippen LogP contribution in [0, 0.1) is 0 Å². The van der Waals surface area contributed by atoms with Gasteiger partial charge in [0.05, 0.1) is 0 Å². The van der Waals surface area contributed by atoms with Crippen LogP contribution >= 0.6 is 0 Å². The number of carboxylic acid groups (broad SMARTS) is 1. The molecule has 0 rings (SSSR count). The van der Waals surface area contributed by atoms with Gasteiger partial charge in [-0.2, -0.15) is 0 Å². The largest absolute Gasteiger partial charge is 0.478 e. The Balaban J connectivity index is 4.28. The molecule has 0 saturated carbocycles. The van der Waals surface area contributed by atoms with Gasteiger partial charge in [-0.05, 0) is 33.5 Å². The zero-order valence-corrected chi connectivity index (χ0v) is 7.51. The lowest BCUT2D eigenvalue weighted by Gasteiger charge is -2.10. The average molecular weight is 157 g/mol. The van der Waals surface area contributed by atoms with Gasteiger partial charge in [0.25, 0.3) is 0 Å². The molecule has 0 aromatic heterocycles. The fraction of sp³-hybridized carbons (Fsp3) is 0.625. The van der Waals surface area contributed by atoms with Crippen molar-refractivity contribution in [3.8, 4) is 0 Å². The van der Waals surface area contributed by atoms with E-state index in [0.717, 1.165) is 5.57 Å². The Labute approximate surface area is 67.3 Å². The molecule has 0 aromatic carbocycles. The minimum Gasteiger partial charge on any atom is -0.478 e. The molecule has 11 heavy (non-hydrogen) atoms. The van der Waals surface area contributed by atoms with E-state index in [2.05, 4.69) is 0 Å². The smallest absolute Gasteiger partial charge is 0.331 e. The van der Waals surface area contributed by atoms with Crippen molar-refractivity contribution in [2.24, 2.45) is 0 Å². The standard InChI is InChI=1S/C8H15NO2/c1-6(5-9(3)4)7(2)8(10)11/h5H2,1-4H3,(H,10,11). The van der Waals surface area contributed by atoms with Crippen LogP contribution in [0.15, 0.2) is 11.1 Å². The summed E-state index contributed by atoms with van der Waals surface area (Å²) in [6.45, 7) is 4.17. The number of hydrogen-bond donors (Lipinski definition) is 1. The minimum atomic E-state index is -0.829. The molecule has 3 heteroatoms. The quantitative estimate of drug-likeness (QED) is 0.620. The molecule has 3 nitrogen and oxygen atoms in total. The van der Waals surface area contributed by atoms with Crippen LogP contribution in [0.4, 0.5) is 0 Å². The van der Waals surface area contributed by atoms with Crippen LogP contribution in [-0.2, 0) is 4.79 Å². The van der Waals surface area contributed by atoms with Crippen LogP contribution in [0.2, 0.25) is 0 Å². The third-order valence-corrected chi connectivity index (χ3v) is 1.51. The number of hydrogen-bond acceptors (Lipinski definition) is 2. The first kappa shape index (κ1) is 10.2. The summed E-state index contributed by atoms with van der Waals surface area (Å²) in [4.78, 5) is 12.4. The zero-order valence-electron chi connectivity index (χ0n) is 7.51. The van der Waals surface area contributed by atoms with Crippen LogP contribution in [-0.4, -0.2) is 36.6 Å². The Morgan fingerprint density at radius 3 is 2.09 bits per heavy atom. The van der Waals surface area contributed by atoms with Gasteiger partial charge >= 0.3 is 5.97 Å². The second-order valence-corrected chi connectivity index (χ2v) is 2.95. The predicted molar refractivity (Wildman–Crippen MR) is 44.6 cm³/mol. The lowest BCUT2D eigenvalue weighted by atomic mass is 10.1. The molecule has 0 aliphatic carbocycles. The molecule has 0 radical (unpaired) electrons. The molecular formula is C8H15NO2. The van der Waals surface area contributed by atoms with Gasteiger partial charge in [0.1, 0.15) is 0 Å². The summed E-state index contributed by atoms with van der Waals surface area (Å²) in [6, 6.07) is 0. The summed E-state index contributed by atoms with van der Waals surface area (Å²) in [7, 11) is 3.83. The maximum atomic E-state index is 10.4. The first-order chi connectivity index (χ1) is 4.95. The Morgan fingerprint density at radius 2 is 1.82 bits per heavy atom. The second-order valence-electron chi connectivity index (χ2n) is 2.95. The summed E-state index contributed by atoms with van der Waals surface area (Å²) in [5.41, 5.74) is 1.35. The van der Waals surface area contributed by atoms with Crippen molar-refractivity contribution in [3.05, 3.63) is 11.1 Å². The Kier molecular flexibility index (Phi) is 3.82. The topological polar surface area (TPSA) is 40.5 Å². The van der Waals surface area contributed by atoms with Crippen molar-refractivity contribution in [1.29, 1.82) is 0 Å². The van der Waals surface area contributed by atoms with E-state index in [9.17, 15) is 4.79 Å². The van der Waals surface area contributed by atoms with Gasteiger partial charge in [-0.25, -0.2) is 4.79 Å². The Bertz CT molecular complexity index is 183. The van der Waals surface area contributed by atoms with E-state index in [1.54, 1.807) is 6.92 Å². The second kappa shape index (κ2) is 4.13. The van der Waals surface area contributed by atoms with E-state index in [4.69, 9.17) is 5.11 Å². The van der Waals surface area contributed by atoms with E-state index in [1.807, 2.05) is 25.9 Å². The van der Waals surface area contributed by atoms with E-state index in [1.165, 1.54) is 0 Å². The van der Waals surface area contributed by atoms with Crippen LogP contribution in [0.25, 0.3) is 0 Å². The lowest BCUT2D eigenvalue weighted by molar-refractivity contribution is -0.132. The third kappa shape index (κ3) is 3.78. The number of aliphatic carboxylic acids is 1. The van der Waals surface area contributed by atoms with Gasteiger partial charge in [0, 0.05) is 12.1 Å². The highest BCUT2D eigenvalue weighted by molar-refractivity contribution is 5.86. The fourth-order valence-corrected chi connectivity index (χ4v) is 0.775. The van der Waals surface area contributed by atoms with Crippen molar-refractivity contribution in [3.63, 3.8) is 0 Å². The van der Waals surface area contributed by atoms with Gasteiger partial charge in [-0.1, -0.05) is 0 Å². The van der Waals surface area contributed by atoms with E-state index < -0.39 is 5.97 Å². The van der Waals surface area contributed by atoms with Crippen molar-refractivity contribution in [2.75, 3.05) is 20.6 Å². The molecule has 0 heterocycles. The van der Waals surface area contributed by atoms with Crippen LogP contribution in [0.5, 0.6) is 0 Å². The number of rotatable bonds is 3. The molecule has 0 unspecified atom stereocenters. The van der Waals surface area contributed by atoms with Crippen molar-refractivity contribution >= 4 is 5.97 Å². The molecule has 0 aromatic rings. The zero-order chi connectivity index (χ0) is 9.02. The highest BCUT2D eigenvalue weighted by atomic mass is 16.4.